The maximum Gasteiger partial charge on any atom is 0.220 e. The first-order valence-corrected chi connectivity index (χ1v) is 6.49. The number of aliphatic hydroxyl groups is 1. The van der Waals surface area contributed by atoms with Gasteiger partial charge in [0.25, 0.3) is 0 Å². The first kappa shape index (κ1) is 16.4. The molecule has 0 saturated carbocycles. The van der Waals surface area contributed by atoms with E-state index in [-0.39, 0.29) is 17.9 Å². The molecule has 0 heterocycles. The van der Waals surface area contributed by atoms with Gasteiger partial charge in [0.05, 0.1) is 0 Å². The van der Waals surface area contributed by atoms with Crippen molar-refractivity contribution in [2.24, 2.45) is 17.1 Å². The van der Waals surface area contributed by atoms with Crippen LogP contribution < -0.4 is 11.1 Å². The molecular formula is C13H28N2O2. The summed E-state index contributed by atoms with van der Waals surface area (Å²) in [5.41, 5.74) is 5.55. The molecule has 1 atom stereocenters. The van der Waals surface area contributed by atoms with Gasteiger partial charge in [0.1, 0.15) is 0 Å². The summed E-state index contributed by atoms with van der Waals surface area (Å²) in [5.74, 6) is 0.505. The number of aliphatic hydroxyl groups excluding tert-OH is 1. The van der Waals surface area contributed by atoms with Crippen LogP contribution in [0.1, 0.15) is 46.5 Å². The second kappa shape index (κ2) is 8.48. The van der Waals surface area contributed by atoms with Gasteiger partial charge in [0, 0.05) is 19.6 Å². The van der Waals surface area contributed by atoms with Gasteiger partial charge >= 0.3 is 0 Å². The fourth-order valence-corrected chi connectivity index (χ4v) is 1.57. The van der Waals surface area contributed by atoms with Crippen LogP contribution in [0.15, 0.2) is 0 Å². The fourth-order valence-electron chi connectivity index (χ4n) is 1.57. The third-order valence-electron chi connectivity index (χ3n) is 3.04. The molecule has 17 heavy (non-hydrogen) atoms. The molecule has 0 aromatic heterocycles. The van der Waals surface area contributed by atoms with E-state index >= 15 is 0 Å². The van der Waals surface area contributed by atoms with E-state index in [0.29, 0.717) is 25.4 Å². The second-order valence-electron chi connectivity index (χ2n) is 5.65. The van der Waals surface area contributed by atoms with Crippen LogP contribution >= 0.6 is 0 Å². The summed E-state index contributed by atoms with van der Waals surface area (Å²) in [6.07, 6.45) is 3.10. The third-order valence-corrected chi connectivity index (χ3v) is 3.04. The molecule has 4 N–H and O–H groups in total. The number of hydrogen-bond donors (Lipinski definition) is 3. The lowest BCUT2D eigenvalue weighted by Gasteiger charge is -2.24. The third kappa shape index (κ3) is 9.12. The molecule has 0 fully saturated rings. The predicted molar refractivity (Wildman–Crippen MR) is 70.6 cm³/mol. The van der Waals surface area contributed by atoms with Gasteiger partial charge in [-0.1, -0.05) is 20.8 Å². The SMILES string of the molecule is CC(CN)CCC(=O)NCC(C)(C)CCCO. The minimum Gasteiger partial charge on any atom is -0.396 e. The topological polar surface area (TPSA) is 75.4 Å². The van der Waals surface area contributed by atoms with Crippen LogP contribution in [0.2, 0.25) is 0 Å². The molecule has 1 amide bonds. The molecule has 0 radical (unpaired) electrons. The molecule has 4 nitrogen and oxygen atoms in total. The molecule has 0 aromatic rings. The Kier molecular flexibility index (Phi) is 8.17. The number of carbonyl (C=O) groups excluding carboxylic acids is 1. The molecule has 0 bridgehead atoms. The van der Waals surface area contributed by atoms with E-state index in [4.69, 9.17) is 10.8 Å². The zero-order chi connectivity index (χ0) is 13.3. The highest BCUT2D eigenvalue weighted by atomic mass is 16.2. The number of nitrogens with one attached hydrogen (secondary N) is 1. The van der Waals surface area contributed by atoms with E-state index in [1.165, 1.54) is 0 Å². The number of nitrogens with two attached hydrogens (primary N) is 1. The number of rotatable bonds is 9. The molecule has 0 saturated heterocycles. The number of hydrogen-bond acceptors (Lipinski definition) is 3. The van der Waals surface area contributed by atoms with Crippen molar-refractivity contribution in [3.05, 3.63) is 0 Å². The average molecular weight is 244 g/mol. The number of amides is 1. The van der Waals surface area contributed by atoms with E-state index in [1.54, 1.807) is 0 Å². The van der Waals surface area contributed by atoms with Crippen LogP contribution in [0.5, 0.6) is 0 Å². The van der Waals surface area contributed by atoms with Crippen molar-refractivity contribution in [1.29, 1.82) is 0 Å². The lowest BCUT2D eigenvalue weighted by molar-refractivity contribution is -0.121. The Morgan fingerprint density at radius 2 is 2.12 bits per heavy atom. The van der Waals surface area contributed by atoms with Crippen LogP contribution in [-0.2, 0) is 4.79 Å². The van der Waals surface area contributed by atoms with E-state index in [0.717, 1.165) is 19.3 Å². The average Bonchev–Trinajstić information content (AvgIpc) is 2.31. The van der Waals surface area contributed by atoms with Gasteiger partial charge in [0.2, 0.25) is 5.91 Å². The van der Waals surface area contributed by atoms with Crippen molar-refractivity contribution in [3.63, 3.8) is 0 Å². The summed E-state index contributed by atoms with van der Waals surface area (Å²) in [5, 5.41) is 11.7. The molecular weight excluding hydrogens is 216 g/mol. The Morgan fingerprint density at radius 1 is 1.47 bits per heavy atom. The lowest BCUT2D eigenvalue weighted by Crippen LogP contribution is -2.34. The minimum atomic E-state index is 0.0534. The highest BCUT2D eigenvalue weighted by molar-refractivity contribution is 5.75. The monoisotopic (exact) mass is 244 g/mol. The van der Waals surface area contributed by atoms with Crippen molar-refractivity contribution in [3.8, 4) is 0 Å². The Hall–Kier alpha value is -0.610. The predicted octanol–water partition coefficient (Wildman–Crippen LogP) is 1.28. The maximum atomic E-state index is 11.6. The van der Waals surface area contributed by atoms with Crippen LogP contribution in [0.25, 0.3) is 0 Å². The van der Waals surface area contributed by atoms with Gasteiger partial charge in [-0.25, -0.2) is 0 Å². The van der Waals surface area contributed by atoms with Crippen molar-refractivity contribution >= 4 is 5.91 Å². The smallest absolute Gasteiger partial charge is 0.220 e. The van der Waals surface area contributed by atoms with Crippen molar-refractivity contribution in [2.45, 2.75) is 46.5 Å². The first-order valence-electron chi connectivity index (χ1n) is 6.49. The van der Waals surface area contributed by atoms with E-state index in [9.17, 15) is 4.79 Å². The minimum absolute atomic E-state index is 0.0534. The van der Waals surface area contributed by atoms with Crippen LogP contribution in [0.3, 0.4) is 0 Å². The molecule has 0 rings (SSSR count). The van der Waals surface area contributed by atoms with Gasteiger partial charge in [-0.2, -0.15) is 0 Å². The molecule has 0 aliphatic carbocycles. The molecule has 0 aromatic carbocycles. The summed E-state index contributed by atoms with van der Waals surface area (Å²) in [6.45, 7) is 7.78. The standard InChI is InChI=1S/C13H28N2O2/c1-11(9-14)5-6-12(17)15-10-13(2,3)7-4-8-16/h11,16H,4-10,14H2,1-3H3,(H,15,17). The summed E-state index contributed by atoms with van der Waals surface area (Å²) in [4.78, 5) is 11.6. The Labute approximate surface area is 105 Å². The summed E-state index contributed by atoms with van der Waals surface area (Å²) < 4.78 is 0. The van der Waals surface area contributed by atoms with Crippen molar-refractivity contribution in [2.75, 3.05) is 19.7 Å². The van der Waals surface area contributed by atoms with E-state index in [2.05, 4.69) is 26.1 Å². The molecule has 4 heteroatoms. The van der Waals surface area contributed by atoms with Crippen molar-refractivity contribution < 1.29 is 9.90 Å². The Bertz CT molecular complexity index is 217. The fraction of sp³-hybridized carbons (Fsp3) is 0.923. The largest absolute Gasteiger partial charge is 0.396 e. The highest BCUT2D eigenvalue weighted by Crippen LogP contribution is 2.20. The highest BCUT2D eigenvalue weighted by Gasteiger charge is 2.18. The molecule has 0 spiro atoms. The van der Waals surface area contributed by atoms with Gasteiger partial charge in [-0.15, -0.1) is 0 Å². The first-order chi connectivity index (χ1) is 7.91. The van der Waals surface area contributed by atoms with E-state index in [1.807, 2.05) is 0 Å². The summed E-state index contributed by atoms with van der Waals surface area (Å²) in [6, 6.07) is 0. The summed E-state index contributed by atoms with van der Waals surface area (Å²) in [7, 11) is 0. The van der Waals surface area contributed by atoms with Gasteiger partial charge in [0.15, 0.2) is 0 Å². The molecule has 0 aliphatic rings. The number of carbonyl (C=O) groups is 1. The lowest BCUT2D eigenvalue weighted by atomic mass is 9.88. The maximum absolute atomic E-state index is 11.6. The zero-order valence-electron chi connectivity index (χ0n) is 11.5. The van der Waals surface area contributed by atoms with E-state index < -0.39 is 0 Å². The van der Waals surface area contributed by atoms with Gasteiger partial charge in [-0.05, 0) is 37.1 Å². The Morgan fingerprint density at radius 3 is 2.65 bits per heavy atom. The molecule has 0 aliphatic heterocycles. The van der Waals surface area contributed by atoms with Crippen LogP contribution in [-0.4, -0.2) is 30.7 Å². The van der Waals surface area contributed by atoms with Crippen LogP contribution in [0.4, 0.5) is 0 Å². The molecule has 1 unspecified atom stereocenters. The van der Waals surface area contributed by atoms with Crippen molar-refractivity contribution in [1.82, 2.24) is 5.32 Å². The van der Waals surface area contributed by atoms with Crippen LogP contribution in [0, 0.1) is 11.3 Å². The van der Waals surface area contributed by atoms with Gasteiger partial charge < -0.3 is 16.2 Å². The second-order valence-corrected chi connectivity index (χ2v) is 5.65. The Balaban J connectivity index is 3.75. The zero-order valence-corrected chi connectivity index (χ0v) is 11.5. The van der Waals surface area contributed by atoms with Gasteiger partial charge in [-0.3, -0.25) is 4.79 Å². The normalized spacial score (nSPS) is 13.5. The summed E-state index contributed by atoms with van der Waals surface area (Å²) >= 11 is 0. The quantitative estimate of drug-likeness (QED) is 0.572. The molecule has 102 valence electrons.